The first kappa shape index (κ1) is 99.3. The molecule has 116 heavy (non-hydrogen) atoms. The van der Waals surface area contributed by atoms with E-state index >= 15 is 9.59 Å². The molecule has 3 aromatic carbocycles. The van der Waals surface area contributed by atoms with Crippen molar-refractivity contribution in [3.8, 4) is 16.9 Å². The monoisotopic (exact) mass is 1620 g/mol. The number of carbonyl (C=O) groups excluding carboxylic acids is 14. The number of rotatable bonds is 48. The van der Waals surface area contributed by atoms with Gasteiger partial charge in [-0.1, -0.05) is 127 Å². The Labute approximate surface area is 682 Å². The van der Waals surface area contributed by atoms with Gasteiger partial charge in [0.2, 0.25) is 47.3 Å². The maximum absolute atomic E-state index is 15.2. The van der Waals surface area contributed by atoms with E-state index in [0.29, 0.717) is 42.6 Å². The summed E-state index contributed by atoms with van der Waals surface area (Å²) in [5.74, 6) is -14.8. The Morgan fingerprint density at radius 1 is 0.569 bits per heavy atom. The van der Waals surface area contributed by atoms with Gasteiger partial charge in [0, 0.05) is 82.0 Å². The lowest BCUT2D eigenvalue weighted by molar-refractivity contribution is -0.137. The molecule has 4 rings (SSSR count). The van der Waals surface area contributed by atoms with Gasteiger partial charge in [-0.15, -0.1) is 0 Å². The number of benzene rings is 3. The van der Waals surface area contributed by atoms with E-state index in [1.54, 1.807) is 74.5 Å². The van der Waals surface area contributed by atoms with E-state index in [4.69, 9.17) is 38.1 Å². The highest BCUT2D eigenvalue weighted by molar-refractivity contribution is 6.00. The predicted molar refractivity (Wildman–Crippen MR) is 439 cm³/mol. The third-order valence-corrected chi connectivity index (χ3v) is 20.5. The smallest absolute Gasteiger partial charge is 0.243 e. The van der Waals surface area contributed by atoms with Crippen LogP contribution in [0.4, 0.5) is 0 Å². The van der Waals surface area contributed by atoms with E-state index in [-0.39, 0.29) is 128 Å². The second-order valence-electron chi connectivity index (χ2n) is 30.7. The molecule has 1 heterocycles. The first-order chi connectivity index (χ1) is 55.5. The van der Waals surface area contributed by atoms with Crippen molar-refractivity contribution in [3.05, 3.63) is 90.0 Å². The van der Waals surface area contributed by atoms with Gasteiger partial charge in [-0.3, -0.25) is 67.1 Å². The molecule has 1 fully saturated rings. The molecule has 31 heteroatoms. The van der Waals surface area contributed by atoms with Crippen molar-refractivity contribution >= 4 is 82.0 Å². The number of carbonyl (C=O) groups is 14. The normalized spacial score (nSPS) is 19.9. The van der Waals surface area contributed by atoms with Crippen LogP contribution in [0.15, 0.2) is 78.9 Å². The maximum atomic E-state index is 15.2. The molecule has 1 aliphatic heterocycles. The number of aliphatic hydroxyl groups is 2. The molecule has 0 saturated carbocycles. The number of ether oxygens (including phenoxy) is 2. The van der Waals surface area contributed by atoms with E-state index < -0.39 is 187 Å². The molecule has 0 aliphatic carbocycles. The van der Waals surface area contributed by atoms with E-state index in [0.717, 1.165) is 49.7 Å². The minimum Gasteiger partial charge on any atom is -0.486 e. The summed E-state index contributed by atoms with van der Waals surface area (Å²) in [5.41, 5.74) is 33.0. The molecule has 31 nitrogen and oxygen atoms in total. The average molecular weight is 1620 g/mol. The van der Waals surface area contributed by atoms with Crippen molar-refractivity contribution in [2.45, 2.75) is 250 Å². The van der Waals surface area contributed by atoms with Crippen molar-refractivity contribution in [3.63, 3.8) is 0 Å². The minimum atomic E-state index is -1.61. The Hall–Kier alpha value is -9.08. The van der Waals surface area contributed by atoms with Gasteiger partial charge in [0.1, 0.15) is 24.4 Å². The number of hydrogen-bond donors (Lipinski definition) is 15. The molecule has 13 atom stereocenters. The molecular formula is C85H131N13O18. The number of nitrogens with two attached hydrogens (primary N) is 5. The number of nitrogens with one attached hydrogen (secondary N) is 8. The Kier molecular flexibility index (Phi) is 46.9. The van der Waals surface area contributed by atoms with Gasteiger partial charge in [0.05, 0.1) is 60.9 Å². The van der Waals surface area contributed by atoms with Crippen LogP contribution in [0.1, 0.15) is 205 Å². The van der Waals surface area contributed by atoms with Crippen molar-refractivity contribution in [2.24, 2.45) is 58.3 Å². The Bertz CT molecular complexity index is 3620. The summed E-state index contributed by atoms with van der Waals surface area (Å²) in [7, 11) is 0. The highest BCUT2D eigenvalue weighted by Crippen LogP contribution is 2.26. The number of unbranched alkanes of at least 4 members (excludes halogenated alkanes) is 5. The molecule has 0 aromatic heterocycles. The van der Waals surface area contributed by atoms with Crippen molar-refractivity contribution < 1.29 is 86.8 Å². The van der Waals surface area contributed by atoms with Crippen LogP contribution >= 0.6 is 0 Å². The zero-order chi connectivity index (χ0) is 85.7. The third-order valence-electron chi connectivity index (χ3n) is 20.5. The van der Waals surface area contributed by atoms with Gasteiger partial charge in [-0.2, -0.15) is 0 Å². The lowest BCUT2D eigenvalue weighted by atomic mass is 9.88. The highest BCUT2D eigenvalue weighted by atomic mass is 16.5. The average Bonchev–Trinajstić information content (AvgIpc) is 0.978. The van der Waals surface area contributed by atoms with Crippen LogP contribution in [-0.2, 0) is 73.5 Å². The number of aliphatic hydroxyl groups excluding tert-OH is 2. The van der Waals surface area contributed by atoms with Crippen LogP contribution < -0.4 is 75.9 Å². The van der Waals surface area contributed by atoms with Gasteiger partial charge in [0.15, 0.2) is 34.7 Å². The SMILES string of the molecule is CCCCCCCC[C@H](N)C(=O)N[C@@H](CCN)C(=O)C[C@H](C(=O)N[C@@H](CCNC(=O)CCOCCCC(=O)c1cccc(-c2ccc(OCC(=O)CCC)cc2)c1)C(=O)C[C@H]1CCNC(=O)[C@H]([C@@H](C)O)CC(=O)[C@H](CCN)NC(=O)[C@H](CCN)NC(=O)[C@H](CC(C)C)NC(=O)[C@@H](Cc2ccccc2)CC(=O)[C@H](CCN)NC1=O)[C@@H](C)O. The van der Waals surface area contributed by atoms with Crippen LogP contribution in [0.3, 0.4) is 0 Å². The fourth-order valence-corrected chi connectivity index (χ4v) is 13.6. The van der Waals surface area contributed by atoms with Crippen molar-refractivity contribution in [1.29, 1.82) is 0 Å². The summed E-state index contributed by atoms with van der Waals surface area (Å²) < 4.78 is 11.4. The van der Waals surface area contributed by atoms with E-state index in [2.05, 4.69) is 49.5 Å². The molecule has 644 valence electrons. The van der Waals surface area contributed by atoms with E-state index in [1.165, 1.54) is 13.8 Å². The third kappa shape index (κ3) is 36.6. The van der Waals surface area contributed by atoms with Crippen molar-refractivity contribution in [1.82, 2.24) is 42.5 Å². The molecule has 3 aromatic rings. The molecule has 8 amide bonds. The Balaban J connectivity index is 1.69. The molecule has 1 saturated heterocycles. The summed E-state index contributed by atoms with van der Waals surface area (Å²) >= 11 is 0. The number of hydrogen-bond acceptors (Lipinski definition) is 23. The summed E-state index contributed by atoms with van der Waals surface area (Å²) in [5, 5.41) is 43.9. The fourth-order valence-electron chi connectivity index (χ4n) is 13.6. The van der Waals surface area contributed by atoms with Crippen LogP contribution in [-0.4, -0.2) is 206 Å². The number of Topliss-reactive ketones (excluding diaryl/α,β-unsaturated/α-hetero) is 6. The summed E-state index contributed by atoms with van der Waals surface area (Å²) in [6.07, 6.45) is 0.519. The van der Waals surface area contributed by atoms with Gasteiger partial charge in [-0.05, 0) is 151 Å². The number of amides is 8. The number of ketones is 6. The van der Waals surface area contributed by atoms with Gasteiger partial charge in [0.25, 0.3) is 0 Å². The van der Waals surface area contributed by atoms with Gasteiger partial charge >= 0.3 is 0 Å². The van der Waals surface area contributed by atoms with E-state index in [1.807, 2.05) is 25.1 Å². The molecule has 0 spiro atoms. The second-order valence-corrected chi connectivity index (χ2v) is 30.7. The highest BCUT2D eigenvalue weighted by Gasteiger charge is 2.39. The van der Waals surface area contributed by atoms with Gasteiger partial charge < -0.3 is 90.9 Å². The van der Waals surface area contributed by atoms with Crippen molar-refractivity contribution in [2.75, 3.05) is 59.1 Å². The molecular weight excluding hydrogens is 1490 g/mol. The van der Waals surface area contributed by atoms with Crippen LogP contribution in [0, 0.1) is 29.6 Å². The second kappa shape index (κ2) is 54.8. The standard InChI is InChI=1S/C85H131N13O18/c1-7-9-10-11-12-16-24-66(90)83(112)95-68(31-38-87)77(106)51-65(55(6)100)82(111)94-70(35-42-91-78(107)36-44-115-43-18-25-73(102)59-23-17-22-58(47-59)57-26-28-63(29-27-57)116-52-62(101)19-8-2)74(103)48-60-34-41-92-81(110)64(54(5)99)50-76(105)69(32-39-88)96-84(113)71(33-40-89)97-85(114)72(45-53(3)4)98-80(109)61(46-56-20-14-13-15-21-56)49-75(104)67(30-37-86)93-79(60)108/h13-15,17,20-23,26-29,47,53-55,60-61,64-72,99-100H,7-12,16,18-19,24-25,30-46,48-52,86-90H2,1-6H3,(H,91,107)(H,92,110)(H,93,108)(H,94,111)(H,95,112)(H,96,113)(H,97,114)(H,98,109)/t54-,55-,60-,61+,64+,65+,66+,67+,68+,69+,70+,71+,72+/m1/s1. The largest absolute Gasteiger partial charge is 0.486 e. The quantitative estimate of drug-likeness (QED) is 0.0285. The zero-order valence-corrected chi connectivity index (χ0v) is 68.7. The summed E-state index contributed by atoms with van der Waals surface area (Å²) in [6.45, 7) is 8.93. The fraction of sp³-hybridized carbons (Fsp3) is 0.624. The molecule has 20 N–H and O–H groups in total. The summed E-state index contributed by atoms with van der Waals surface area (Å²) in [4.78, 5) is 198. The minimum absolute atomic E-state index is 0.00567. The Morgan fingerprint density at radius 3 is 1.81 bits per heavy atom. The molecule has 1 aliphatic rings. The lowest BCUT2D eigenvalue weighted by Gasteiger charge is -2.28. The van der Waals surface area contributed by atoms with E-state index in [9.17, 15) is 67.7 Å². The molecule has 0 unspecified atom stereocenters. The molecule has 0 bridgehead atoms. The Morgan fingerprint density at radius 2 is 1.17 bits per heavy atom. The van der Waals surface area contributed by atoms with Crippen LogP contribution in [0.2, 0.25) is 0 Å². The zero-order valence-electron chi connectivity index (χ0n) is 68.7. The van der Waals surface area contributed by atoms with Crippen LogP contribution in [0.5, 0.6) is 5.75 Å². The first-order valence-corrected chi connectivity index (χ1v) is 41.4. The molecule has 0 radical (unpaired) electrons. The van der Waals surface area contributed by atoms with Crippen LogP contribution in [0.25, 0.3) is 11.1 Å². The lowest BCUT2D eigenvalue weighted by Crippen LogP contribution is -2.57. The summed E-state index contributed by atoms with van der Waals surface area (Å²) in [6, 6.07) is 13.8. The topological polar surface area (TPSA) is 524 Å². The predicted octanol–water partition coefficient (Wildman–Crippen LogP) is 3.23. The maximum Gasteiger partial charge on any atom is 0.243 e. The first-order valence-electron chi connectivity index (χ1n) is 41.4. The van der Waals surface area contributed by atoms with Gasteiger partial charge in [-0.25, -0.2) is 0 Å².